The summed E-state index contributed by atoms with van der Waals surface area (Å²) >= 11 is 0. The van der Waals surface area contributed by atoms with E-state index in [0.29, 0.717) is 0 Å². The van der Waals surface area contributed by atoms with Gasteiger partial charge in [0, 0.05) is 6.61 Å². The highest BCUT2D eigenvalue weighted by molar-refractivity contribution is 5.34. The van der Waals surface area contributed by atoms with Crippen LogP contribution in [0.15, 0.2) is 36.0 Å². The molecule has 0 radical (unpaired) electrons. The summed E-state index contributed by atoms with van der Waals surface area (Å²) in [6.07, 6.45) is 8.69. The van der Waals surface area contributed by atoms with Gasteiger partial charge in [-0.05, 0) is 36.8 Å². The highest BCUT2D eigenvalue weighted by Crippen LogP contribution is 2.28. The highest BCUT2D eigenvalue weighted by Gasteiger charge is 2.16. The van der Waals surface area contributed by atoms with E-state index in [2.05, 4.69) is 60.3 Å². The molecule has 0 aromatic carbocycles. The zero-order valence-corrected chi connectivity index (χ0v) is 13.0. The van der Waals surface area contributed by atoms with Crippen LogP contribution in [0.25, 0.3) is 0 Å². The summed E-state index contributed by atoms with van der Waals surface area (Å²) in [7, 11) is 0. The number of unbranched alkanes of at least 4 members (excludes halogenated alkanes) is 1. The lowest BCUT2D eigenvalue weighted by Gasteiger charge is -2.22. The normalized spacial score (nSPS) is 15.7. The monoisotopic (exact) mass is 250 g/mol. The molecule has 1 nitrogen and oxygen atoms in total. The van der Waals surface area contributed by atoms with Gasteiger partial charge in [-0.3, -0.25) is 0 Å². The second kappa shape index (κ2) is 8.31. The SMILES string of the molecule is C=C/C(=C\C(=C/C)C(C)(C)C)C(C)OCCCC. The lowest BCUT2D eigenvalue weighted by atomic mass is 9.84. The molecule has 18 heavy (non-hydrogen) atoms. The molecular weight excluding hydrogens is 220 g/mol. The van der Waals surface area contributed by atoms with Crippen LogP contribution in [0.2, 0.25) is 0 Å². The van der Waals surface area contributed by atoms with Crippen molar-refractivity contribution in [3.8, 4) is 0 Å². The molecule has 104 valence electrons. The van der Waals surface area contributed by atoms with Crippen LogP contribution in [0.3, 0.4) is 0 Å². The molecule has 0 spiro atoms. The summed E-state index contributed by atoms with van der Waals surface area (Å²) in [5.74, 6) is 0. The minimum Gasteiger partial charge on any atom is -0.374 e. The van der Waals surface area contributed by atoms with Crippen LogP contribution in [-0.4, -0.2) is 12.7 Å². The van der Waals surface area contributed by atoms with Crippen LogP contribution in [-0.2, 0) is 4.74 Å². The molecule has 0 aromatic heterocycles. The summed E-state index contributed by atoms with van der Waals surface area (Å²) in [5, 5.41) is 0. The molecular formula is C17H30O. The average Bonchev–Trinajstić information content (AvgIpc) is 2.29. The van der Waals surface area contributed by atoms with Crippen LogP contribution in [0, 0.1) is 5.41 Å². The van der Waals surface area contributed by atoms with E-state index in [9.17, 15) is 0 Å². The first-order chi connectivity index (χ1) is 8.36. The van der Waals surface area contributed by atoms with Crippen molar-refractivity contribution in [1.82, 2.24) is 0 Å². The Balaban J connectivity index is 4.80. The van der Waals surface area contributed by atoms with Gasteiger partial charge in [0.2, 0.25) is 0 Å². The first kappa shape index (κ1) is 17.2. The first-order valence-electron chi connectivity index (χ1n) is 6.99. The van der Waals surface area contributed by atoms with Gasteiger partial charge in [0.15, 0.2) is 0 Å². The van der Waals surface area contributed by atoms with Gasteiger partial charge >= 0.3 is 0 Å². The van der Waals surface area contributed by atoms with Crippen LogP contribution >= 0.6 is 0 Å². The maximum Gasteiger partial charge on any atom is 0.0796 e. The molecule has 0 N–H and O–H groups in total. The van der Waals surface area contributed by atoms with Crippen LogP contribution in [0.1, 0.15) is 54.4 Å². The van der Waals surface area contributed by atoms with Crippen molar-refractivity contribution in [3.05, 3.63) is 36.0 Å². The molecule has 0 heterocycles. The predicted molar refractivity (Wildman–Crippen MR) is 81.8 cm³/mol. The van der Waals surface area contributed by atoms with Crippen molar-refractivity contribution in [2.75, 3.05) is 6.61 Å². The summed E-state index contributed by atoms with van der Waals surface area (Å²) in [5.41, 5.74) is 2.64. The molecule has 0 aliphatic carbocycles. The van der Waals surface area contributed by atoms with E-state index in [1.165, 1.54) is 12.0 Å². The molecule has 0 rings (SSSR count). The molecule has 0 fully saturated rings. The molecule has 0 amide bonds. The van der Waals surface area contributed by atoms with Gasteiger partial charge in [-0.2, -0.15) is 0 Å². The average molecular weight is 250 g/mol. The van der Waals surface area contributed by atoms with Gasteiger partial charge in [-0.1, -0.05) is 58.9 Å². The third-order valence-corrected chi connectivity index (χ3v) is 3.07. The second-order valence-electron chi connectivity index (χ2n) is 5.71. The predicted octanol–water partition coefficient (Wildman–Crippen LogP) is 5.30. The molecule has 0 bridgehead atoms. The molecule has 1 unspecified atom stereocenters. The highest BCUT2D eigenvalue weighted by atomic mass is 16.5. The molecule has 0 saturated heterocycles. The molecule has 0 saturated carbocycles. The largest absolute Gasteiger partial charge is 0.374 e. The standard InChI is InChI=1S/C17H30O/c1-8-11-12-18-14(4)15(9-2)13-16(10-3)17(5,6)7/h9-10,13-14H,2,8,11-12H2,1,3-7H3/b15-13+,16-10+. The van der Waals surface area contributed by atoms with Crippen molar-refractivity contribution >= 4 is 0 Å². The summed E-state index contributed by atoms with van der Waals surface area (Å²) in [6.45, 7) is 17.8. The minimum atomic E-state index is 0.117. The Hall–Kier alpha value is -0.820. The van der Waals surface area contributed by atoms with Crippen molar-refractivity contribution in [3.63, 3.8) is 0 Å². The Morgan fingerprint density at radius 3 is 2.33 bits per heavy atom. The fraction of sp³-hybridized carbons (Fsp3) is 0.647. The number of hydrogen-bond acceptors (Lipinski definition) is 1. The molecule has 0 aliphatic rings. The van der Waals surface area contributed by atoms with Crippen LogP contribution in [0.4, 0.5) is 0 Å². The number of rotatable bonds is 7. The maximum atomic E-state index is 5.83. The van der Waals surface area contributed by atoms with Crippen LogP contribution in [0.5, 0.6) is 0 Å². The van der Waals surface area contributed by atoms with Crippen molar-refractivity contribution in [2.24, 2.45) is 5.41 Å². The Morgan fingerprint density at radius 1 is 1.33 bits per heavy atom. The Morgan fingerprint density at radius 2 is 1.94 bits per heavy atom. The van der Waals surface area contributed by atoms with E-state index < -0.39 is 0 Å². The van der Waals surface area contributed by atoms with E-state index in [4.69, 9.17) is 4.74 Å². The summed E-state index contributed by atoms with van der Waals surface area (Å²) in [6, 6.07) is 0. The lowest BCUT2D eigenvalue weighted by molar-refractivity contribution is 0.0896. The van der Waals surface area contributed by atoms with E-state index >= 15 is 0 Å². The Bertz CT molecular complexity index is 302. The van der Waals surface area contributed by atoms with Crippen molar-refractivity contribution in [1.29, 1.82) is 0 Å². The quantitative estimate of drug-likeness (QED) is 0.440. The van der Waals surface area contributed by atoms with Gasteiger partial charge in [0.1, 0.15) is 0 Å². The van der Waals surface area contributed by atoms with Crippen molar-refractivity contribution < 1.29 is 4.74 Å². The third-order valence-electron chi connectivity index (χ3n) is 3.07. The van der Waals surface area contributed by atoms with Gasteiger partial charge < -0.3 is 4.74 Å². The molecule has 1 atom stereocenters. The minimum absolute atomic E-state index is 0.117. The van der Waals surface area contributed by atoms with Crippen LogP contribution < -0.4 is 0 Å². The zero-order valence-electron chi connectivity index (χ0n) is 13.0. The third kappa shape index (κ3) is 6.20. The van der Waals surface area contributed by atoms with E-state index in [1.807, 2.05) is 6.08 Å². The first-order valence-corrected chi connectivity index (χ1v) is 6.99. The fourth-order valence-electron chi connectivity index (χ4n) is 1.76. The Labute approximate surface area is 114 Å². The van der Waals surface area contributed by atoms with Gasteiger partial charge in [-0.15, -0.1) is 0 Å². The summed E-state index contributed by atoms with van der Waals surface area (Å²) < 4.78 is 5.83. The van der Waals surface area contributed by atoms with Gasteiger partial charge in [0.05, 0.1) is 6.10 Å². The number of hydrogen-bond donors (Lipinski definition) is 0. The fourth-order valence-corrected chi connectivity index (χ4v) is 1.76. The maximum absolute atomic E-state index is 5.83. The lowest BCUT2D eigenvalue weighted by Crippen LogP contribution is -2.14. The smallest absolute Gasteiger partial charge is 0.0796 e. The molecule has 0 aliphatic heterocycles. The van der Waals surface area contributed by atoms with Crippen molar-refractivity contribution in [2.45, 2.75) is 60.5 Å². The van der Waals surface area contributed by atoms with Gasteiger partial charge in [-0.25, -0.2) is 0 Å². The zero-order chi connectivity index (χ0) is 14.2. The van der Waals surface area contributed by atoms with E-state index in [1.54, 1.807) is 0 Å². The topological polar surface area (TPSA) is 9.23 Å². The summed E-state index contributed by atoms with van der Waals surface area (Å²) in [4.78, 5) is 0. The van der Waals surface area contributed by atoms with E-state index in [0.717, 1.165) is 18.6 Å². The molecule has 0 aromatic rings. The van der Waals surface area contributed by atoms with E-state index in [-0.39, 0.29) is 11.5 Å². The Kier molecular flexibility index (Phi) is 7.93. The number of ether oxygens (including phenoxy) is 1. The second-order valence-corrected chi connectivity index (χ2v) is 5.71. The molecule has 1 heteroatoms. The van der Waals surface area contributed by atoms with Gasteiger partial charge in [0.25, 0.3) is 0 Å². The number of allylic oxidation sites excluding steroid dienone is 3.